The van der Waals surface area contributed by atoms with Gasteiger partial charge in [-0.3, -0.25) is 9.59 Å². The Morgan fingerprint density at radius 3 is 2.38 bits per heavy atom. The summed E-state index contributed by atoms with van der Waals surface area (Å²) in [7, 11) is 0. The van der Waals surface area contributed by atoms with E-state index in [9.17, 15) is 9.59 Å². The highest BCUT2D eigenvalue weighted by molar-refractivity contribution is 5.90. The fourth-order valence-electron chi connectivity index (χ4n) is 2.63. The molecule has 2 aromatic rings. The summed E-state index contributed by atoms with van der Waals surface area (Å²) in [6.45, 7) is 4.41. The van der Waals surface area contributed by atoms with Gasteiger partial charge < -0.3 is 16.4 Å². The van der Waals surface area contributed by atoms with Crippen molar-refractivity contribution in [3.8, 4) is 0 Å². The lowest BCUT2D eigenvalue weighted by Gasteiger charge is -2.13. The van der Waals surface area contributed by atoms with Crippen LogP contribution in [0, 0.1) is 5.92 Å². The van der Waals surface area contributed by atoms with Crippen molar-refractivity contribution in [1.29, 1.82) is 0 Å². The lowest BCUT2D eigenvalue weighted by Crippen LogP contribution is -2.27. The van der Waals surface area contributed by atoms with E-state index >= 15 is 0 Å². The van der Waals surface area contributed by atoms with E-state index in [0.29, 0.717) is 18.9 Å². The Morgan fingerprint density at radius 1 is 0.962 bits per heavy atom. The number of carbonyl (C=O) groups excluding carboxylic acids is 2. The standard InChI is InChI=1S/C21H27N3O2/c1-15(2)11-21(26)24-18-10-6-7-16(12-18)14-23-20(25)13-19(22)17-8-4-3-5-9-17/h3-10,12,15,19H,11,13-14,22H2,1-2H3,(H,23,25)(H,24,26). The van der Waals surface area contributed by atoms with Gasteiger partial charge in [-0.1, -0.05) is 56.3 Å². The third-order valence-electron chi connectivity index (χ3n) is 3.93. The second-order valence-electron chi connectivity index (χ2n) is 6.84. The summed E-state index contributed by atoms with van der Waals surface area (Å²) < 4.78 is 0. The first kappa shape index (κ1) is 19.7. The van der Waals surface area contributed by atoms with Gasteiger partial charge in [0.2, 0.25) is 11.8 Å². The van der Waals surface area contributed by atoms with Crippen LogP contribution in [0.2, 0.25) is 0 Å². The van der Waals surface area contributed by atoms with Crippen LogP contribution in [0.4, 0.5) is 5.69 Å². The molecular weight excluding hydrogens is 326 g/mol. The normalized spacial score (nSPS) is 11.8. The molecule has 0 spiro atoms. The van der Waals surface area contributed by atoms with Gasteiger partial charge >= 0.3 is 0 Å². The first-order valence-corrected chi connectivity index (χ1v) is 8.90. The zero-order valence-corrected chi connectivity index (χ0v) is 15.4. The van der Waals surface area contributed by atoms with E-state index in [0.717, 1.165) is 16.8 Å². The minimum Gasteiger partial charge on any atom is -0.352 e. The lowest BCUT2D eigenvalue weighted by molar-refractivity contribution is -0.121. The average Bonchev–Trinajstić information content (AvgIpc) is 2.60. The van der Waals surface area contributed by atoms with Crippen LogP contribution < -0.4 is 16.4 Å². The molecule has 0 saturated heterocycles. The molecule has 4 N–H and O–H groups in total. The number of benzene rings is 2. The minimum atomic E-state index is -0.321. The molecule has 0 bridgehead atoms. The lowest BCUT2D eigenvalue weighted by atomic mass is 10.0. The van der Waals surface area contributed by atoms with Crippen molar-refractivity contribution in [2.75, 3.05) is 5.32 Å². The number of rotatable bonds is 8. The van der Waals surface area contributed by atoms with Crippen LogP contribution >= 0.6 is 0 Å². The predicted molar refractivity (Wildman–Crippen MR) is 104 cm³/mol. The van der Waals surface area contributed by atoms with Crippen LogP contribution in [0.25, 0.3) is 0 Å². The number of hydrogen-bond acceptors (Lipinski definition) is 3. The molecule has 1 unspecified atom stereocenters. The summed E-state index contributed by atoms with van der Waals surface area (Å²) >= 11 is 0. The molecule has 138 valence electrons. The van der Waals surface area contributed by atoms with Gasteiger partial charge in [-0.2, -0.15) is 0 Å². The number of nitrogens with two attached hydrogens (primary N) is 1. The smallest absolute Gasteiger partial charge is 0.224 e. The Hall–Kier alpha value is -2.66. The van der Waals surface area contributed by atoms with Gasteiger partial charge in [-0.25, -0.2) is 0 Å². The molecule has 0 aliphatic carbocycles. The average molecular weight is 353 g/mol. The third kappa shape index (κ3) is 6.69. The van der Waals surface area contributed by atoms with E-state index < -0.39 is 0 Å². The van der Waals surface area contributed by atoms with Crippen molar-refractivity contribution < 1.29 is 9.59 Å². The highest BCUT2D eigenvalue weighted by Gasteiger charge is 2.11. The zero-order valence-electron chi connectivity index (χ0n) is 15.4. The predicted octanol–water partition coefficient (Wildman–Crippen LogP) is 3.38. The van der Waals surface area contributed by atoms with Gasteiger partial charge in [0.25, 0.3) is 0 Å². The Bertz CT molecular complexity index is 729. The fraction of sp³-hybridized carbons (Fsp3) is 0.333. The van der Waals surface area contributed by atoms with Gasteiger partial charge in [-0.15, -0.1) is 0 Å². The molecular formula is C21H27N3O2. The first-order chi connectivity index (χ1) is 12.4. The second kappa shape index (κ2) is 9.73. The molecule has 2 aromatic carbocycles. The number of hydrogen-bond donors (Lipinski definition) is 3. The number of nitrogens with one attached hydrogen (secondary N) is 2. The van der Waals surface area contributed by atoms with Gasteiger partial charge in [0, 0.05) is 31.1 Å². The molecule has 26 heavy (non-hydrogen) atoms. The monoisotopic (exact) mass is 353 g/mol. The van der Waals surface area contributed by atoms with E-state index in [1.54, 1.807) is 0 Å². The summed E-state index contributed by atoms with van der Waals surface area (Å²) in [4.78, 5) is 24.0. The molecule has 2 rings (SSSR count). The molecule has 0 aliphatic heterocycles. The fourth-order valence-corrected chi connectivity index (χ4v) is 2.63. The van der Waals surface area contributed by atoms with Crippen molar-refractivity contribution in [3.05, 3.63) is 65.7 Å². The van der Waals surface area contributed by atoms with Gasteiger partial charge in [0.15, 0.2) is 0 Å². The number of amides is 2. The van der Waals surface area contributed by atoms with E-state index in [1.807, 2.05) is 68.4 Å². The summed E-state index contributed by atoms with van der Waals surface area (Å²) in [5.74, 6) is 0.205. The molecule has 5 heteroatoms. The maximum Gasteiger partial charge on any atom is 0.224 e. The largest absolute Gasteiger partial charge is 0.352 e. The van der Waals surface area contributed by atoms with Gasteiger partial charge in [0.1, 0.15) is 0 Å². The molecule has 0 aromatic heterocycles. The molecule has 1 atom stereocenters. The maximum absolute atomic E-state index is 12.1. The number of anilines is 1. The van der Waals surface area contributed by atoms with Crippen molar-refractivity contribution in [3.63, 3.8) is 0 Å². The molecule has 0 radical (unpaired) electrons. The Labute approximate surface area is 155 Å². The highest BCUT2D eigenvalue weighted by Crippen LogP contribution is 2.14. The van der Waals surface area contributed by atoms with E-state index in [1.165, 1.54) is 0 Å². The summed E-state index contributed by atoms with van der Waals surface area (Å²) in [5.41, 5.74) is 8.68. The summed E-state index contributed by atoms with van der Waals surface area (Å²) in [6.07, 6.45) is 0.715. The van der Waals surface area contributed by atoms with Crippen LogP contribution in [0.15, 0.2) is 54.6 Å². The van der Waals surface area contributed by atoms with Crippen molar-refractivity contribution >= 4 is 17.5 Å². The van der Waals surface area contributed by atoms with Crippen LogP contribution in [0.5, 0.6) is 0 Å². The number of carbonyl (C=O) groups is 2. The van der Waals surface area contributed by atoms with Crippen molar-refractivity contribution in [1.82, 2.24) is 5.32 Å². The Balaban J connectivity index is 1.84. The topological polar surface area (TPSA) is 84.2 Å². The van der Waals surface area contributed by atoms with Crippen LogP contribution in [-0.4, -0.2) is 11.8 Å². The molecule has 5 nitrogen and oxygen atoms in total. The Kier molecular flexibility index (Phi) is 7.36. The van der Waals surface area contributed by atoms with Crippen LogP contribution in [0.1, 0.15) is 43.9 Å². The summed E-state index contributed by atoms with van der Waals surface area (Å²) in [6, 6.07) is 16.7. The van der Waals surface area contributed by atoms with E-state index in [-0.39, 0.29) is 24.3 Å². The maximum atomic E-state index is 12.1. The zero-order chi connectivity index (χ0) is 18.9. The molecule has 0 aliphatic rings. The highest BCUT2D eigenvalue weighted by atomic mass is 16.2. The van der Waals surface area contributed by atoms with Gasteiger partial charge in [0.05, 0.1) is 0 Å². The Morgan fingerprint density at radius 2 is 1.69 bits per heavy atom. The molecule has 0 fully saturated rings. The SMILES string of the molecule is CC(C)CC(=O)Nc1cccc(CNC(=O)CC(N)c2ccccc2)c1. The molecule has 0 saturated carbocycles. The van der Waals surface area contributed by atoms with Crippen molar-refractivity contribution in [2.24, 2.45) is 11.7 Å². The van der Waals surface area contributed by atoms with Crippen LogP contribution in [0.3, 0.4) is 0 Å². The van der Waals surface area contributed by atoms with Gasteiger partial charge in [-0.05, 0) is 29.2 Å². The second-order valence-corrected chi connectivity index (χ2v) is 6.84. The third-order valence-corrected chi connectivity index (χ3v) is 3.93. The minimum absolute atomic E-state index is 0.00461. The quantitative estimate of drug-likeness (QED) is 0.680. The molecule has 2 amide bonds. The summed E-state index contributed by atoms with van der Waals surface area (Å²) in [5, 5.41) is 5.76. The first-order valence-electron chi connectivity index (χ1n) is 8.90. The van der Waals surface area contributed by atoms with E-state index in [2.05, 4.69) is 10.6 Å². The van der Waals surface area contributed by atoms with Crippen molar-refractivity contribution in [2.45, 2.75) is 39.3 Å². The molecule has 0 heterocycles. The van der Waals surface area contributed by atoms with Crippen LogP contribution in [-0.2, 0) is 16.1 Å². The van der Waals surface area contributed by atoms with E-state index in [4.69, 9.17) is 5.73 Å².